The summed E-state index contributed by atoms with van der Waals surface area (Å²) in [6.07, 6.45) is 3.38. The average molecular weight is 222 g/mol. The van der Waals surface area contributed by atoms with Gasteiger partial charge in [0.05, 0.1) is 12.4 Å². The molecule has 12 heavy (non-hydrogen) atoms. The predicted octanol–water partition coefficient (Wildman–Crippen LogP) is 2.65. The molecule has 0 radical (unpaired) electrons. The number of imidazole rings is 1. The van der Waals surface area contributed by atoms with Crippen LogP contribution < -0.4 is 0 Å². The maximum Gasteiger partial charge on any atom is 0.254 e. The summed E-state index contributed by atoms with van der Waals surface area (Å²) in [4.78, 5) is 7.39. The number of nitrogens with zero attached hydrogens (tertiary/aromatic N) is 3. The molecule has 4 heteroatoms. The second kappa shape index (κ2) is 2.61. The van der Waals surface area contributed by atoms with Crippen molar-refractivity contribution in [3.05, 3.63) is 40.4 Å². The Kier molecular flexibility index (Phi) is 1.59. The molecular formula is C8H4BrN3. The van der Waals surface area contributed by atoms with Crippen LogP contribution >= 0.6 is 15.9 Å². The summed E-state index contributed by atoms with van der Waals surface area (Å²) in [6.45, 7) is 6.85. The van der Waals surface area contributed by atoms with Crippen molar-refractivity contribution in [3.63, 3.8) is 0 Å². The largest absolute Gasteiger partial charge is 0.362 e. The molecule has 0 aliphatic heterocycles. The third-order valence-corrected chi connectivity index (χ3v) is 2.06. The molecule has 0 spiro atoms. The van der Waals surface area contributed by atoms with Crippen molar-refractivity contribution in [1.29, 1.82) is 0 Å². The monoisotopic (exact) mass is 221 g/mol. The number of rotatable bonds is 0. The molecule has 58 valence electrons. The first-order valence-corrected chi connectivity index (χ1v) is 4.10. The van der Waals surface area contributed by atoms with Crippen LogP contribution in [-0.4, -0.2) is 9.38 Å². The Morgan fingerprint density at radius 1 is 1.58 bits per heavy atom. The second-order valence-corrected chi connectivity index (χ2v) is 3.22. The Balaban J connectivity index is 2.84. The van der Waals surface area contributed by atoms with E-state index < -0.39 is 0 Å². The van der Waals surface area contributed by atoms with Crippen LogP contribution in [0.5, 0.6) is 0 Å². The Bertz CT molecular complexity index is 467. The van der Waals surface area contributed by atoms with Gasteiger partial charge in [0.2, 0.25) is 5.65 Å². The summed E-state index contributed by atoms with van der Waals surface area (Å²) >= 11 is 3.33. The molecule has 0 saturated carbocycles. The number of fused-ring (bicyclic) bond motifs is 1. The first-order chi connectivity index (χ1) is 5.81. The summed E-state index contributed by atoms with van der Waals surface area (Å²) < 4.78 is 2.72. The van der Waals surface area contributed by atoms with Gasteiger partial charge in [0.1, 0.15) is 0 Å². The third kappa shape index (κ3) is 0.990. The predicted molar refractivity (Wildman–Crippen MR) is 49.2 cm³/mol. The Hall–Kier alpha value is -1.34. The molecule has 0 bridgehead atoms. The van der Waals surface area contributed by atoms with Crippen molar-refractivity contribution >= 4 is 27.4 Å². The maximum atomic E-state index is 6.85. The highest BCUT2D eigenvalue weighted by Gasteiger charge is 2.02. The second-order valence-electron chi connectivity index (χ2n) is 2.30. The van der Waals surface area contributed by atoms with E-state index >= 15 is 0 Å². The van der Waals surface area contributed by atoms with Crippen LogP contribution in [0.3, 0.4) is 0 Å². The fraction of sp³-hybridized carbons (Fsp3) is 0. The first-order valence-electron chi connectivity index (χ1n) is 3.31. The van der Waals surface area contributed by atoms with Gasteiger partial charge in [0.15, 0.2) is 0 Å². The van der Waals surface area contributed by atoms with E-state index in [1.807, 2.05) is 18.3 Å². The van der Waals surface area contributed by atoms with Gasteiger partial charge in [0, 0.05) is 10.5 Å². The number of halogens is 1. The summed E-state index contributed by atoms with van der Waals surface area (Å²) in [5, 5.41) is 0. The number of hydrogen-bond donors (Lipinski definition) is 0. The first kappa shape index (κ1) is 7.32. The fourth-order valence-electron chi connectivity index (χ4n) is 1.03. The highest BCUT2D eigenvalue weighted by molar-refractivity contribution is 9.10. The van der Waals surface area contributed by atoms with Gasteiger partial charge in [-0.1, -0.05) is 22.5 Å². The molecule has 2 rings (SSSR count). The SMILES string of the molecule is [C-]#[N+]c1cnc2cc(Br)ccn12. The molecule has 0 amide bonds. The third-order valence-electron chi connectivity index (χ3n) is 1.57. The maximum absolute atomic E-state index is 6.85. The van der Waals surface area contributed by atoms with Crippen LogP contribution in [0.25, 0.3) is 10.5 Å². The zero-order chi connectivity index (χ0) is 8.55. The molecule has 0 N–H and O–H groups in total. The number of hydrogen-bond acceptors (Lipinski definition) is 1. The molecule has 3 nitrogen and oxygen atoms in total. The highest BCUT2D eigenvalue weighted by atomic mass is 79.9. The molecule has 2 heterocycles. The van der Waals surface area contributed by atoms with E-state index in [0.29, 0.717) is 5.82 Å². The van der Waals surface area contributed by atoms with Gasteiger partial charge in [-0.3, -0.25) is 0 Å². The van der Waals surface area contributed by atoms with E-state index in [0.717, 1.165) is 10.1 Å². The molecule has 0 fully saturated rings. The zero-order valence-corrected chi connectivity index (χ0v) is 7.62. The minimum absolute atomic E-state index is 0.539. The topological polar surface area (TPSA) is 21.7 Å². The van der Waals surface area contributed by atoms with E-state index in [4.69, 9.17) is 6.57 Å². The van der Waals surface area contributed by atoms with Gasteiger partial charge >= 0.3 is 0 Å². The van der Waals surface area contributed by atoms with E-state index in [-0.39, 0.29) is 0 Å². The summed E-state index contributed by atoms with van der Waals surface area (Å²) in [5.41, 5.74) is 0.787. The van der Waals surface area contributed by atoms with Crippen molar-refractivity contribution in [2.45, 2.75) is 0 Å². The van der Waals surface area contributed by atoms with Gasteiger partial charge in [-0.05, 0) is 6.07 Å². The summed E-state index contributed by atoms with van der Waals surface area (Å²) in [7, 11) is 0. The minimum Gasteiger partial charge on any atom is -0.362 e. The molecule has 0 aliphatic carbocycles. The lowest BCUT2D eigenvalue weighted by atomic mass is 10.5. The lowest BCUT2D eigenvalue weighted by Crippen LogP contribution is -1.81. The van der Waals surface area contributed by atoms with Crippen LogP contribution in [0.4, 0.5) is 5.82 Å². The van der Waals surface area contributed by atoms with Crippen LogP contribution in [0.2, 0.25) is 0 Å². The van der Waals surface area contributed by atoms with Crippen molar-refractivity contribution in [1.82, 2.24) is 9.38 Å². The van der Waals surface area contributed by atoms with Crippen molar-refractivity contribution in [2.75, 3.05) is 0 Å². The lowest BCUT2D eigenvalue weighted by molar-refractivity contribution is 1.20. The van der Waals surface area contributed by atoms with Crippen LogP contribution in [0, 0.1) is 6.57 Å². The molecule has 2 aromatic heterocycles. The standard InChI is InChI=1S/C8H4BrN3/c1-10-8-5-11-7-4-6(9)2-3-12(7)8/h2-5H. The molecule has 0 aromatic carbocycles. The van der Waals surface area contributed by atoms with Crippen LogP contribution in [0.1, 0.15) is 0 Å². The van der Waals surface area contributed by atoms with Crippen LogP contribution in [-0.2, 0) is 0 Å². The quantitative estimate of drug-likeness (QED) is 0.628. The Labute approximate surface area is 77.6 Å². The van der Waals surface area contributed by atoms with Crippen molar-refractivity contribution in [3.8, 4) is 0 Å². The molecular weight excluding hydrogens is 218 g/mol. The summed E-state index contributed by atoms with van der Waals surface area (Å²) in [6, 6.07) is 3.75. The van der Waals surface area contributed by atoms with Gasteiger partial charge in [-0.15, -0.1) is 0 Å². The van der Waals surface area contributed by atoms with E-state index in [9.17, 15) is 0 Å². The highest BCUT2D eigenvalue weighted by Crippen LogP contribution is 2.18. The van der Waals surface area contributed by atoms with Crippen LogP contribution in [0.15, 0.2) is 29.0 Å². The van der Waals surface area contributed by atoms with E-state index in [2.05, 4.69) is 25.8 Å². The normalized spacial score (nSPS) is 10.0. The Morgan fingerprint density at radius 2 is 2.42 bits per heavy atom. The molecule has 0 aliphatic rings. The lowest BCUT2D eigenvalue weighted by Gasteiger charge is -1.91. The van der Waals surface area contributed by atoms with Gasteiger partial charge in [-0.2, -0.15) is 0 Å². The molecule has 0 atom stereocenters. The molecule has 2 aromatic rings. The zero-order valence-electron chi connectivity index (χ0n) is 6.03. The number of aromatic nitrogens is 2. The Morgan fingerprint density at radius 3 is 3.17 bits per heavy atom. The van der Waals surface area contributed by atoms with Crippen molar-refractivity contribution < 1.29 is 0 Å². The van der Waals surface area contributed by atoms with Crippen molar-refractivity contribution in [2.24, 2.45) is 0 Å². The average Bonchev–Trinajstić information content (AvgIpc) is 2.46. The van der Waals surface area contributed by atoms with Gasteiger partial charge in [0.25, 0.3) is 5.82 Å². The molecule has 0 saturated heterocycles. The number of pyridine rings is 1. The summed E-state index contributed by atoms with van der Waals surface area (Å²) in [5.74, 6) is 0.539. The smallest absolute Gasteiger partial charge is 0.254 e. The molecule has 0 unspecified atom stereocenters. The van der Waals surface area contributed by atoms with E-state index in [1.165, 1.54) is 0 Å². The van der Waals surface area contributed by atoms with Gasteiger partial charge < -0.3 is 4.85 Å². The van der Waals surface area contributed by atoms with E-state index in [1.54, 1.807) is 10.6 Å². The fourth-order valence-corrected chi connectivity index (χ4v) is 1.35. The van der Waals surface area contributed by atoms with Gasteiger partial charge in [-0.25, -0.2) is 9.38 Å². The minimum atomic E-state index is 0.539.